The highest BCUT2D eigenvalue weighted by Crippen LogP contribution is 2.20. The molecule has 0 aromatic heterocycles. The van der Waals surface area contributed by atoms with Crippen molar-refractivity contribution in [2.45, 2.75) is 64.4 Å². The van der Waals surface area contributed by atoms with Crippen LogP contribution in [0.15, 0.2) is 0 Å². The second-order valence-electron chi connectivity index (χ2n) is 6.76. The number of aliphatic hydroxyl groups is 5. The number of aliphatic hydroxyl groups excluding tert-OH is 5. The summed E-state index contributed by atoms with van der Waals surface area (Å²) in [6, 6.07) is 0. The average Bonchev–Trinajstić information content (AvgIpc) is 2.46. The van der Waals surface area contributed by atoms with Crippen molar-refractivity contribution >= 4 is 11.8 Å². The normalized spacial score (nSPS) is 17.2. The molecule has 0 heterocycles. The number of esters is 1. The van der Waals surface area contributed by atoms with Crippen LogP contribution in [0.5, 0.6) is 0 Å². The monoisotopic (exact) mass is 336 g/mol. The molecule has 0 fully saturated rings. The van der Waals surface area contributed by atoms with Gasteiger partial charge in [0.2, 0.25) is 0 Å². The minimum Gasteiger partial charge on any atom is -0.463 e. The highest BCUT2D eigenvalue weighted by atomic mass is 16.5. The van der Waals surface area contributed by atoms with E-state index in [2.05, 4.69) is 0 Å². The first kappa shape index (κ1) is 21.9. The molecular formula is C15H28O8. The molecule has 0 aliphatic rings. The van der Waals surface area contributed by atoms with Crippen LogP contribution >= 0.6 is 0 Å². The van der Waals surface area contributed by atoms with Gasteiger partial charge < -0.3 is 30.3 Å². The zero-order valence-corrected chi connectivity index (χ0v) is 13.8. The first-order valence-electron chi connectivity index (χ1n) is 7.48. The van der Waals surface area contributed by atoms with Crippen molar-refractivity contribution in [2.75, 3.05) is 13.2 Å². The first-order valence-corrected chi connectivity index (χ1v) is 7.48. The van der Waals surface area contributed by atoms with Crippen molar-refractivity contribution in [3.8, 4) is 0 Å². The smallest absolute Gasteiger partial charge is 0.306 e. The largest absolute Gasteiger partial charge is 0.463 e. The van der Waals surface area contributed by atoms with Gasteiger partial charge in [-0.3, -0.25) is 9.59 Å². The Morgan fingerprint density at radius 2 is 1.48 bits per heavy atom. The molecule has 8 heteroatoms. The Morgan fingerprint density at radius 3 is 1.96 bits per heavy atom. The van der Waals surface area contributed by atoms with E-state index in [0.29, 0.717) is 6.42 Å². The number of ether oxygens (including phenoxy) is 1. The lowest BCUT2D eigenvalue weighted by Gasteiger charge is -2.25. The number of ketones is 1. The van der Waals surface area contributed by atoms with Gasteiger partial charge in [0.25, 0.3) is 0 Å². The zero-order valence-electron chi connectivity index (χ0n) is 13.8. The Bertz CT molecular complexity index is 376. The minimum atomic E-state index is -1.78. The third-order valence-corrected chi connectivity index (χ3v) is 3.08. The van der Waals surface area contributed by atoms with E-state index >= 15 is 0 Å². The van der Waals surface area contributed by atoms with Gasteiger partial charge >= 0.3 is 5.97 Å². The molecule has 0 spiro atoms. The Morgan fingerprint density at radius 1 is 0.957 bits per heavy atom. The zero-order chi connectivity index (χ0) is 18.2. The standard InChI is InChI=1S/C15H28O8/c1-15(2,3)6-9(17)4-5-12(20)23-8-11(19)14(22)13(21)10(18)7-16/h10-11,13-14,16,18-19,21-22H,4-8H2,1-3H3. The van der Waals surface area contributed by atoms with Gasteiger partial charge in [-0.2, -0.15) is 0 Å². The fraction of sp³-hybridized carbons (Fsp3) is 0.867. The molecule has 4 unspecified atom stereocenters. The highest BCUT2D eigenvalue weighted by Gasteiger charge is 2.30. The SMILES string of the molecule is CC(C)(C)CC(=O)CCC(=O)OCC(O)C(O)C(O)C(O)CO. The van der Waals surface area contributed by atoms with Crippen LogP contribution in [-0.4, -0.2) is 74.9 Å². The van der Waals surface area contributed by atoms with Crippen LogP contribution < -0.4 is 0 Å². The molecule has 0 rings (SSSR count). The lowest BCUT2D eigenvalue weighted by molar-refractivity contribution is -0.156. The van der Waals surface area contributed by atoms with Gasteiger partial charge in [0, 0.05) is 12.8 Å². The van der Waals surface area contributed by atoms with Crippen molar-refractivity contribution in [2.24, 2.45) is 5.41 Å². The summed E-state index contributed by atoms with van der Waals surface area (Å²) in [6.07, 6.45) is -6.58. The summed E-state index contributed by atoms with van der Waals surface area (Å²) in [5.74, 6) is -0.785. The van der Waals surface area contributed by atoms with E-state index in [1.54, 1.807) is 0 Å². The number of carbonyl (C=O) groups is 2. The lowest BCUT2D eigenvalue weighted by atomic mass is 9.89. The number of rotatable bonds is 10. The topological polar surface area (TPSA) is 145 Å². The number of hydrogen-bond donors (Lipinski definition) is 5. The van der Waals surface area contributed by atoms with Crippen molar-refractivity contribution in [3.05, 3.63) is 0 Å². The highest BCUT2D eigenvalue weighted by molar-refractivity contribution is 5.83. The molecule has 136 valence electrons. The molecule has 5 N–H and O–H groups in total. The van der Waals surface area contributed by atoms with E-state index in [-0.39, 0.29) is 24.0 Å². The summed E-state index contributed by atoms with van der Waals surface area (Å²) >= 11 is 0. The summed E-state index contributed by atoms with van der Waals surface area (Å²) in [4.78, 5) is 23.1. The average molecular weight is 336 g/mol. The first-order chi connectivity index (χ1) is 10.5. The maximum Gasteiger partial charge on any atom is 0.306 e. The maximum atomic E-state index is 11.6. The number of Topliss-reactive ketones (excluding diaryl/α,β-unsaturated/α-hetero) is 1. The van der Waals surface area contributed by atoms with Crippen LogP contribution in [0.3, 0.4) is 0 Å². The van der Waals surface area contributed by atoms with E-state index in [4.69, 9.17) is 14.9 Å². The molecule has 0 aliphatic carbocycles. The van der Waals surface area contributed by atoms with Gasteiger partial charge in [-0.1, -0.05) is 20.8 Å². The molecule has 4 atom stereocenters. The Hall–Kier alpha value is -1.06. The van der Waals surface area contributed by atoms with E-state index in [1.165, 1.54) is 0 Å². The van der Waals surface area contributed by atoms with E-state index < -0.39 is 43.6 Å². The van der Waals surface area contributed by atoms with E-state index in [1.807, 2.05) is 20.8 Å². The van der Waals surface area contributed by atoms with E-state index in [0.717, 1.165) is 0 Å². The van der Waals surface area contributed by atoms with Crippen LogP contribution in [0.25, 0.3) is 0 Å². The van der Waals surface area contributed by atoms with Gasteiger partial charge in [-0.15, -0.1) is 0 Å². The molecule has 8 nitrogen and oxygen atoms in total. The Kier molecular flexibility index (Phi) is 9.48. The second kappa shape index (κ2) is 9.94. The lowest BCUT2D eigenvalue weighted by Crippen LogP contribution is -2.47. The Labute approximate surface area is 135 Å². The van der Waals surface area contributed by atoms with Crippen molar-refractivity contribution in [1.29, 1.82) is 0 Å². The summed E-state index contributed by atoms with van der Waals surface area (Å²) in [5, 5.41) is 46.3. The molecule has 0 aliphatic heterocycles. The molecule has 0 amide bonds. The molecule has 0 radical (unpaired) electrons. The summed E-state index contributed by atoms with van der Waals surface area (Å²) < 4.78 is 4.71. The van der Waals surface area contributed by atoms with Crippen molar-refractivity contribution < 1.29 is 39.9 Å². The Balaban J connectivity index is 4.11. The maximum absolute atomic E-state index is 11.6. The molecule has 0 saturated carbocycles. The number of carbonyl (C=O) groups excluding carboxylic acids is 2. The van der Waals surface area contributed by atoms with Gasteiger partial charge in [0.05, 0.1) is 13.0 Å². The minimum absolute atomic E-state index is 0.0284. The van der Waals surface area contributed by atoms with Crippen LogP contribution in [0.2, 0.25) is 0 Å². The van der Waals surface area contributed by atoms with Gasteiger partial charge in [-0.05, 0) is 5.41 Å². The quantitative estimate of drug-likeness (QED) is 0.311. The van der Waals surface area contributed by atoms with Gasteiger partial charge in [0.1, 0.15) is 36.8 Å². The molecular weight excluding hydrogens is 308 g/mol. The van der Waals surface area contributed by atoms with Crippen LogP contribution in [0.1, 0.15) is 40.0 Å². The molecule has 0 aromatic carbocycles. The van der Waals surface area contributed by atoms with Crippen molar-refractivity contribution in [1.82, 2.24) is 0 Å². The van der Waals surface area contributed by atoms with Gasteiger partial charge in [0.15, 0.2) is 0 Å². The van der Waals surface area contributed by atoms with Crippen LogP contribution in [-0.2, 0) is 14.3 Å². The fourth-order valence-electron chi connectivity index (χ4n) is 1.83. The molecule has 0 aromatic rings. The number of hydrogen-bond acceptors (Lipinski definition) is 8. The molecule has 0 saturated heterocycles. The summed E-state index contributed by atoms with van der Waals surface area (Å²) in [5.41, 5.74) is -0.162. The van der Waals surface area contributed by atoms with Crippen LogP contribution in [0.4, 0.5) is 0 Å². The molecule has 23 heavy (non-hydrogen) atoms. The fourth-order valence-corrected chi connectivity index (χ4v) is 1.83. The van der Waals surface area contributed by atoms with Crippen molar-refractivity contribution in [3.63, 3.8) is 0 Å². The van der Waals surface area contributed by atoms with Gasteiger partial charge in [-0.25, -0.2) is 0 Å². The molecule has 0 bridgehead atoms. The summed E-state index contributed by atoms with van der Waals surface area (Å²) in [7, 11) is 0. The second-order valence-corrected chi connectivity index (χ2v) is 6.76. The van der Waals surface area contributed by atoms with E-state index in [9.17, 15) is 24.9 Å². The third-order valence-electron chi connectivity index (χ3n) is 3.08. The summed E-state index contributed by atoms with van der Waals surface area (Å²) in [6.45, 7) is 4.34. The van der Waals surface area contributed by atoms with Crippen LogP contribution in [0, 0.1) is 5.41 Å². The predicted octanol–water partition coefficient (Wildman–Crippen LogP) is -1.25. The predicted molar refractivity (Wildman–Crippen MR) is 80.4 cm³/mol. The third kappa shape index (κ3) is 9.62.